The number of carbonyl (C=O) groups excluding carboxylic acids is 1. The third-order valence-electron chi connectivity index (χ3n) is 4.85. The van der Waals surface area contributed by atoms with E-state index in [4.69, 9.17) is 4.98 Å². The number of fused-ring (bicyclic) bond motifs is 1. The molecule has 0 atom stereocenters. The van der Waals surface area contributed by atoms with Gasteiger partial charge in [-0.15, -0.1) is 0 Å². The van der Waals surface area contributed by atoms with E-state index in [1.807, 2.05) is 40.7 Å². The number of hydrogen-bond donors (Lipinski definition) is 2. The highest BCUT2D eigenvalue weighted by atomic mass is 32.2. The zero-order chi connectivity index (χ0) is 23.4. The fourth-order valence-corrected chi connectivity index (χ4v) is 4.76. The maximum Gasteiger partial charge on any atom is 0.263 e. The lowest BCUT2D eigenvalue weighted by Crippen LogP contribution is -2.27. The molecule has 9 nitrogen and oxygen atoms in total. The largest absolute Gasteiger partial charge is 0.369 e. The maximum absolute atomic E-state index is 12.8. The second-order valence-electron chi connectivity index (χ2n) is 7.92. The molecule has 33 heavy (non-hydrogen) atoms. The molecule has 0 aliphatic rings. The summed E-state index contributed by atoms with van der Waals surface area (Å²) in [4.78, 5) is 27.3. The van der Waals surface area contributed by atoms with Crippen LogP contribution in [0, 0.1) is 12.8 Å². The van der Waals surface area contributed by atoms with Crippen LogP contribution in [-0.2, 0) is 6.54 Å². The first-order valence-electron chi connectivity index (χ1n) is 11.0. The van der Waals surface area contributed by atoms with E-state index in [-0.39, 0.29) is 5.91 Å². The van der Waals surface area contributed by atoms with Crippen molar-refractivity contribution in [1.29, 1.82) is 0 Å². The molecule has 0 aromatic carbocycles. The molecular formula is C22H28N8OS2. The van der Waals surface area contributed by atoms with E-state index in [1.165, 1.54) is 11.3 Å². The standard InChI is InChI=1S/C22H28N8OS2/c1-5-32-21-27-18(24-12-14(2)3)16-13-25-30(19(16)28-21)11-8-23-20(31)17-15(4)26-22(33-17)29-9-6-7-10-29/h6-7,9-10,13-14H,5,8,11-12H2,1-4H3,(H,23,31)(H,24,27,28). The summed E-state index contributed by atoms with van der Waals surface area (Å²) in [5.74, 6) is 2.06. The molecule has 4 aromatic rings. The lowest BCUT2D eigenvalue weighted by atomic mass is 10.2. The van der Waals surface area contributed by atoms with Crippen LogP contribution in [0.25, 0.3) is 16.2 Å². The molecule has 0 fully saturated rings. The predicted molar refractivity (Wildman–Crippen MR) is 134 cm³/mol. The van der Waals surface area contributed by atoms with Gasteiger partial charge in [0.15, 0.2) is 15.9 Å². The van der Waals surface area contributed by atoms with E-state index in [1.54, 1.807) is 18.0 Å². The van der Waals surface area contributed by atoms with Crippen LogP contribution in [-0.4, -0.2) is 54.0 Å². The average Bonchev–Trinajstić information content (AvgIpc) is 3.52. The molecule has 0 aliphatic carbocycles. The van der Waals surface area contributed by atoms with Gasteiger partial charge in [-0.25, -0.2) is 19.6 Å². The molecule has 0 spiro atoms. The van der Waals surface area contributed by atoms with E-state index in [0.29, 0.717) is 23.9 Å². The quantitative estimate of drug-likeness (QED) is 0.259. The zero-order valence-corrected chi connectivity index (χ0v) is 20.8. The van der Waals surface area contributed by atoms with Crippen LogP contribution in [0.4, 0.5) is 5.82 Å². The summed E-state index contributed by atoms with van der Waals surface area (Å²) in [5, 5.41) is 13.3. The molecule has 0 unspecified atom stereocenters. The van der Waals surface area contributed by atoms with Crippen molar-refractivity contribution < 1.29 is 4.79 Å². The van der Waals surface area contributed by atoms with Crippen molar-refractivity contribution in [3.05, 3.63) is 41.3 Å². The van der Waals surface area contributed by atoms with E-state index < -0.39 is 0 Å². The minimum absolute atomic E-state index is 0.129. The molecule has 0 aliphatic heterocycles. The number of nitrogens with zero attached hydrogens (tertiary/aromatic N) is 6. The Balaban J connectivity index is 1.46. The van der Waals surface area contributed by atoms with Gasteiger partial charge >= 0.3 is 0 Å². The number of thioether (sulfide) groups is 1. The van der Waals surface area contributed by atoms with Crippen LogP contribution in [0.15, 0.2) is 35.9 Å². The van der Waals surface area contributed by atoms with Crippen LogP contribution in [0.1, 0.15) is 36.1 Å². The molecule has 0 bridgehead atoms. The molecule has 0 saturated carbocycles. The van der Waals surface area contributed by atoms with Gasteiger partial charge in [0, 0.05) is 25.5 Å². The third-order valence-corrected chi connectivity index (χ3v) is 6.75. The van der Waals surface area contributed by atoms with E-state index in [9.17, 15) is 4.79 Å². The smallest absolute Gasteiger partial charge is 0.263 e. The van der Waals surface area contributed by atoms with Crippen molar-refractivity contribution in [1.82, 2.24) is 34.6 Å². The molecule has 4 heterocycles. The van der Waals surface area contributed by atoms with Gasteiger partial charge < -0.3 is 15.2 Å². The van der Waals surface area contributed by atoms with E-state index in [2.05, 4.69) is 46.5 Å². The second kappa shape index (κ2) is 10.3. The van der Waals surface area contributed by atoms with Gasteiger partial charge in [0.25, 0.3) is 5.91 Å². The van der Waals surface area contributed by atoms with Crippen LogP contribution >= 0.6 is 23.1 Å². The van der Waals surface area contributed by atoms with Crippen molar-refractivity contribution in [2.24, 2.45) is 5.92 Å². The van der Waals surface area contributed by atoms with Crippen molar-refractivity contribution in [2.75, 3.05) is 24.2 Å². The average molecular weight is 485 g/mol. The molecule has 2 N–H and O–H groups in total. The van der Waals surface area contributed by atoms with Gasteiger partial charge in [0.1, 0.15) is 10.7 Å². The second-order valence-corrected chi connectivity index (χ2v) is 10.1. The summed E-state index contributed by atoms with van der Waals surface area (Å²) >= 11 is 2.98. The SMILES string of the molecule is CCSc1nc(NCC(C)C)c2cnn(CCNC(=O)c3sc(-n4cccc4)nc3C)c2n1. The Morgan fingerprint density at radius 1 is 1.21 bits per heavy atom. The van der Waals surface area contributed by atoms with Crippen LogP contribution < -0.4 is 10.6 Å². The Labute approximate surface area is 201 Å². The predicted octanol–water partition coefficient (Wildman–Crippen LogP) is 3.99. The first kappa shape index (κ1) is 23.2. The van der Waals surface area contributed by atoms with E-state index >= 15 is 0 Å². The maximum atomic E-state index is 12.8. The highest BCUT2D eigenvalue weighted by Crippen LogP contribution is 2.25. The van der Waals surface area contributed by atoms with Crippen LogP contribution in [0.2, 0.25) is 0 Å². The normalized spacial score (nSPS) is 11.4. The topological polar surface area (TPSA) is 103 Å². The number of carbonyl (C=O) groups is 1. The minimum atomic E-state index is -0.129. The summed E-state index contributed by atoms with van der Waals surface area (Å²) in [6.45, 7) is 10.0. The Morgan fingerprint density at radius 2 is 2.00 bits per heavy atom. The Bertz CT molecular complexity index is 1230. The van der Waals surface area contributed by atoms with Gasteiger partial charge in [-0.05, 0) is 30.7 Å². The summed E-state index contributed by atoms with van der Waals surface area (Å²) < 4.78 is 3.73. The molecule has 4 rings (SSSR count). The number of thiazole rings is 1. The fraction of sp³-hybridized carbons (Fsp3) is 0.409. The van der Waals surface area contributed by atoms with Gasteiger partial charge in [-0.3, -0.25) is 4.79 Å². The van der Waals surface area contributed by atoms with Crippen molar-refractivity contribution in [3.63, 3.8) is 0 Å². The Kier molecular flexibility index (Phi) is 7.29. The molecule has 0 saturated heterocycles. The number of hydrogen-bond acceptors (Lipinski definition) is 8. The Morgan fingerprint density at radius 3 is 2.73 bits per heavy atom. The number of anilines is 1. The van der Waals surface area contributed by atoms with Crippen LogP contribution in [0.3, 0.4) is 0 Å². The number of rotatable bonds is 10. The molecule has 1 amide bonds. The number of aromatic nitrogens is 6. The Hall–Kier alpha value is -2.92. The van der Waals surface area contributed by atoms with Crippen molar-refractivity contribution >= 4 is 45.9 Å². The highest BCUT2D eigenvalue weighted by molar-refractivity contribution is 7.99. The molecular weight excluding hydrogens is 456 g/mol. The number of aryl methyl sites for hydroxylation is 1. The van der Waals surface area contributed by atoms with E-state index in [0.717, 1.165) is 45.1 Å². The van der Waals surface area contributed by atoms with Gasteiger partial charge in [0.2, 0.25) is 0 Å². The van der Waals surface area contributed by atoms with Crippen molar-refractivity contribution in [3.8, 4) is 5.13 Å². The summed E-state index contributed by atoms with van der Waals surface area (Å²) in [6, 6.07) is 3.87. The number of amides is 1. The van der Waals surface area contributed by atoms with Crippen molar-refractivity contribution in [2.45, 2.75) is 39.4 Å². The molecule has 174 valence electrons. The summed E-state index contributed by atoms with van der Waals surface area (Å²) in [6.07, 6.45) is 5.62. The molecule has 11 heteroatoms. The summed E-state index contributed by atoms with van der Waals surface area (Å²) in [7, 11) is 0. The van der Waals surface area contributed by atoms with Gasteiger partial charge in [-0.2, -0.15) is 5.10 Å². The summed E-state index contributed by atoms with van der Waals surface area (Å²) in [5.41, 5.74) is 1.49. The first-order chi connectivity index (χ1) is 16.0. The van der Waals surface area contributed by atoms with Gasteiger partial charge in [0.05, 0.1) is 23.8 Å². The monoisotopic (exact) mass is 484 g/mol. The van der Waals surface area contributed by atoms with Gasteiger partial charge in [-0.1, -0.05) is 43.9 Å². The molecule has 0 radical (unpaired) electrons. The van der Waals surface area contributed by atoms with Crippen LogP contribution in [0.5, 0.6) is 0 Å². The lowest BCUT2D eigenvalue weighted by Gasteiger charge is -2.11. The first-order valence-corrected chi connectivity index (χ1v) is 12.8. The number of nitrogens with one attached hydrogen (secondary N) is 2. The lowest BCUT2D eigenvalue weighted by molar-refractivity contribution is 0.0955. The molecule has 4 aromatic heterocycles. The zero-order valence-electron chi connectivity index (χ0n) is 19.2. The highest BCUT2D eigenvalue weighted by Gasteiger charge is 2.17. The third kappa shape index (κ3) is 5.36. The fourth-order valence-electron chi connectivity index (χ4n) is 3.25. The minimum Gasteiger partial charge on any atom is -0.369 e.